The molecule has 0 aliphatic rings. The highest BCUT2D eigenvalue weighted by molar-refractivity contribution is 5.72. The molecule has 0 fully saturated rings. The Labute approximate surface area is 70.8 Å². The van der Waals surface area contributed by atoms with Crippen molar-refractivity contribution in [3.63, 3.8) is 0 Å². The second-order valence-electron chi connectivity index (χ2n) is 2.18. The van der Waals surface area contributed by atoms with E-state index < -0.39 is 12.0 Å². The molecule has 3 N–H and O–H groups in total. The molecular weight excluding hydrogens is 160 g/mol. The minimum atomic E-state index is -0.900. The van der Waals surface area contributed by atoms with Crippen molar-refractivity contribution in [2.75, 3.05) is 0 Å². The van der Waals surface area contributed by atoms with Crippen LogP contribution >= 0.6 is 0 Å². The number of unbranched alkanes of at least 4 members (excludes halogenated alkanes) is 1. The molecule has 1 atom stereocenters. The van der Waals surface area contributed by atoms with Gasteiger partial charge in [-0.15, -0.1) is 0 Å². The zero-order valence-electron chi connectivity index (χ0n) is 6.97. The van der Waals surface area contributed by atoms with Gasteiger partial charge in [-0.2, -0.15) is 0 Å². The highest BCUT2D eigenvalue weighted by atomic mass is 16.4. The van der Waals surface area contributed by atoms with Crippen LogP contribution in [0.15, 0.2) is 0 Å². The lowest BCUT2D eigenvalue weighted by molar-refractivity contribution is -0.138. The molecular formula is C6H13N4O2-. The zero-order valence-corrected chi connectivity index (χ0v) is 6.97. The molecule has 1 unspecified atom stereocenters. The average molecular weight is 173 g/mol. The molecule has 0 aliphatic carbocycles. The van der Waals surface area contributed by atoms with E-state index in [4.69, 9.17) is 21.9 Å². The molecule has 0 spiro atoms. The molecule has 0 aromatic heterocycles. The largest absolute Gasteiger partial charge is 0.480 e. The maximum atomic E-state index is 10.1. The molecule has 6 heteroatoms. The highest BCUT2D eigenvalue weighted by Crippen LogP contribution is 1.96. The van der Waals surface area contributed by atoms with E-state index in [0.717, 1.165) is 12.8 Å². The van der Waals surface area contributed by atoms with Crippen LogP contribution in [0.5, 0.6) is 0 Å². The third-order valence-corrected chi connectivity index (χ3v) is 1.19. The van der Waals surface area contributed by atoms with Crippen LogP contribution in [-0.4, -0.2) is 17.1 Å². The predicted molar refractivity (Wildman–Crippen MR) is 45.2 cm³/mol. The van der Waals surface area contributed by atoms with Crippen molar-refractivity contribution in [3.05, 3.63) is 16.0 Å². The summed E-state index contributed by atoms with van der Waals surface area (Å²) in [5, 5.41) is 8.28. The quantitative estimate of drug-likeness (QED) is 0.380. The third-order valence-electron chi connectivity index (χ3n) is 1.19. The van der Waals surface area contributed by atoms with Gasteiger partial charge in [-0.3, -0.25) is 9.71 Å². The van der Waals surface area contributed by atoms with Gasteiger partial charge in [0.1, 0.15) is 6.04 Å². The minimum Gasteiger partial charge on any atom is -0.480 e. The summed E-state index contributed by atoms with van der Waals surface area (Å²) in [6, 6.07) is -0.662. The fourth-order valence-corrected chi connectivity index (χ4v) is 0.548. The van der Waals surface area contributed by atoms with Gasteiger partial charge >= 0.3 is 5.97 Å². The number of nitrogens with zero attached hydrogens (tertiary/aromatic N) is 3. The average Bonchev–Trinajstić information content (AvgIpc) is 2.01. The molecule has 70 valence electrons. The number of carboxylic acids is 1. The molecule has 12 heavy (non-hydrogen) atoms. The first-order chi connectivity index (χ1) is 5.59. The molecule has 0 saturated heterocycles. The standard InChI is InChI=1S/C6H13NO2.N3/c1-2-3-4-5(7)6(8)9;1-3-2/h5H,2-4,7H2,1H3,(H,8,9);/q;-1. The van der Waals surface area contributed by atoms with Gasteiger partial charge in [0, 0.05) is 0 Å². The molecule has 0 rings (SSSR count). The summed E-state index contributed by atoms with van der Waals surface area (Å²) in [4.78, 5) is 11.6. The fourth-order valence-electron chi connectivity index (χ4n) is 0.548. The van der Waals surface area contributed by atoms with Crippen molar-refractivity contribution < 1.29 is 9.90 Å². The second-order valence-corrected chi connectivity index (χ2v) is 2.18. The monoisotopic (exact) mass is 173 g/mol. The number of hydrogen-bond acceptors (Lipinski definition) is 2. The van der Waals surface area contributed by atoms with Gasteiger partial charge in [0.05, 0.1) is 0 Å². The molecule has 0 aromatic carbocycles. The van der Waals surface area contributed by atoms with Gasteiger partial charge in [-0.25, -0.2) is 0 Å². The first-order valence-electron chi connectivity index (χ1n) is 3.57. The van der Waals surface area contributed by atoms with Crippen molar-refractivity contribution in [2.24, 2.45) is 5.73 Å². The number of aliphatic carboxylic acids is 1. The summed E-state index contributed by atoms with van der Waals surface area (Å²) >= 11 is 0. The Hall–Kier alpha value is -1.26. The molecule has 0 saturated carbocycles. The van der Waals surface area contributed by atoms with E-state index in [9.17, 15) is 4.79 Å². The van der Waals surface area contributed by atoms with Crippen LogP contribution < -0.4 is 5.73 Å². The Morgan fingerprint density at radius 2 is 2.08 bits per heavy atom. The smallest absolute Gasteiger partial charge is 0.320 e. The van der Waals surface area contributed by atoms with Crippen LogP contribution in [0.1, 0.15) is 26.2 Å². The second kappa shape index (κ2) is 9.74. The Bertz CT molecular complexity index is 154. The first kappa shape index (κ1) is 13.3. The summed E-state index contributed by atoms with van der Waals surface area (Å²) in [5.74, 6) is -0.900. The maximum Gasteiger partial charge on any atom is 0.320 e. The molecule has 0 bridgehead atoms. The Balaban J connectivity index is 0. The number of rotatable bonds is 4. The van der Waals surface area contributed by atoms with E-state index in [-0.39, 0.29) is 0 Å². The number of nitrogens with two attached hydrogens (primary N) is 1. The van der Waals surface area contributed by atoms with Gasteiger partial charge in [0.15, 0.2) is 0 Å². The van der Waals surface area contributed by atoms with Crippen LogP contribution in [0, 0.1) is 0 Å². The number of carboxylic acid groups (broad SMARTS) is 1. The fraction of sp³-hybridized carbons (Fsp3) is 0.833. The lowest BCUT2D eigenvalue weighted by Crippen LogP contribution is -2.29. The molecule has 0 heterocycles. The van der Waals surface area contributed by atoms with Crippen LogP contribution in [0.2, 0.25) is 0 Å². The molecule has 0 radical (unpaired) electrons. The van der Waals surface area contributed by atoms with Crippen LogP contribution in [-0.2, 0) is 4.79 Å². The van der Waals surface area contributed by atoms with Crippen LogP contribution in [0.4, 0.5) is 0 Å². The Kier molecular flexibility index (Phi) is 10.8. The summed E-state index contributed by atoms with van der Waals surface area (Å²) in [6.07, 6.45) is 2.49. The Morgan fingerprint density at radius 3 is 2.33 bits per heavy atom. The van der Waals surface area contributed by atoms with Crippen LogP contribution in [0.3, 0.4) is 0 Å². The van der Waals surface area contributed by atoms with Crippen LogP contribution in [0.25, 0.3) is 16.0 Å². The summed E-state index contributed by atoms with van der Waals surface area (Å²) in [7, 11) is 0. The van der Waals surface area contributed by atoms with E-state index >= 15 is 0 Å². The molecule has 6 nitrogen and oxygen atoms in total. The SMILES string of the molecule is CCCCC(N)C(=O)O.[N-]=[N+]=[N-]. The van der Waals surface area contributed by atoms with Crippen molar-refractivity contribution in [1.82, 2.24) is 0 Å². The maximum absolute atomic E-state index is 10.1. The highest BCUT2D eigenvalue weighted by Gasteiger charge is 2.08. The van der Waals surface area contributed by atoms with Gasteiger partial charge in [-0.05, 0) is 6.42 Å². The summed E-state index contributed by atoms with van der Waals surface area (Å²) < 4.78 is 0. The normalized spacial score (nSPS) is 10.5. The van der Waals surface area contributed by atoms with Gasteiger partial charge in [0.2, 0.25) is 0 Å². The predicted octanol–water partition coefficient (Wildman–Crippen LogP) is 1.45. The van der Waals surface area contributed by atoms with Gasteiger partial charge in [0.25, 0.3) is 0 Å². The lowest BCUT2D eigenvalue weighted by atomic mass is 10.1. The van der Waals surface area contributed by atoms with Crippen molar-refractivity contribution >= 4 is 5.97 Å². The van der Waals surface area contributed by atoms with Crippen molar-refractivity contribution in [3.8, 4) is 0 Å². The van der Waals surface area contributed by atoms with Gasteiger partial charge in [-0.1, -0.05) is 19.8 Å². The third kappa shape index (κ3) is 11.5. The Morgan fingerprint density at radius 1 is 1.67 bits per heavy atom. The molecule has 0 aliphatic heterocycles. The number of carbonyl (C=O) groups is 1. The van der Waals surface area contributed by atoms with E-state index in [2.05, 4.69) is 0 Å². The van der Waals surface area contributed by atoms with Crippen molar-refractivity contribution in [2.45, 2.75) is 32.2 Å². The molecule has 0 amide bonds. The topological polar surface area (TPSA) is 122 Å². The summed E-state index contributed by atoms with van der Waals surface area (Å²) in [5.41, 5.74) is 18.7. The molecule has 0 aromatic rings. The number of hydrogen-bond donors (Lipinski definition) is 2. The van der Waals surface area contributed by atoms with E-state index in [1.807, 2.05) is 6.92 Å². The first-order valence-corrected chi connectivity index (χ1v) is 3.57. The zero-order chi connectivity index (χ0) is 9.98. The van der Waals surface area contributed by atoms with Crippen molar-refractivity contribution in [1.29, 1.82) is 0 Å². The van der Waals surface area contributed by atoms with E-state index in [0.29, 0.717) is 6.42 Å². The van der Waals surface area contributed by atoms with E-state index in [1.54, 1.807) is 0 Å². The van der Waals surface area contributed by atoms with E-state index in [1.165, 1.54) is 4.91 Å². The lowest BCUT2D eigenvalue weighted by Gasteiger charge is -2.02. The minimum absolute atomic E-state index is 0.589. The van der Waals surface area contributed by atoms with Gasteiger partial charge < -0.3 is 21.9 Å². The summed E-state index contributed by atoms with van der Waals surface area (Å²) in [6.45, 7) is 2.01.